The predicted molar refractivity (Wildman–Crippen MR) is 55.0 cm³/mol. The maximum absolute atomic E-state index is 8.71. The van der Waals surface area contributed by atoms with Crippen molar-refractivity contribution in [3.63, 3.8) is 0 Å². The largest absolute Gasteiger partial charge is 0.399 e. The van der Waals surface area contributed by atoms with E-state index in [1.807, 2.05) is 6.08 Å². The molecule has 1 aliphatic carbocycles. The Labute approximate surface area is 79.4 Å². The van der Waals surface area contributed by atoms with E-state index in [9.17, 15) is 0 Å². The molecule has 2 nitrogen and oxygen atoms in total. The fraction of sp³-hybridized carbons (Fsp3) is 0.455. The van der Waals surface area contributed by atoms with Gasteiger partial charge in [-0.15, -0.1) is 0 Å². The Hall–Kier alpha value is -1.02. The van der Waals surface area contributed by atoms with Gasteiger partial charge in [-0.25, -0.2) is 0 Å². The SMILES string of the molecule is N/C1=C/C/C=C\CC=C1CCCO. The van der Waals surface area contributed by atoms with E-state index in [0.29, 0.717) is 0 Å². The van der Waals surface area contributed by atoms with Crippen molar-refractivity contribution in [1.82, 2.24) is 0 Å². The Balaban J connectivity index is 2.61. The maximum Gasteiger partial charge on any atom is 0.0434 e. The molecule has 0 aromatic heterocycles. The molecule has 0 aromatic carbocycles. The van der Waals surface area contributed by atoms with Gasteiger partial charge in [-0.05, 0) is 31.3 Å². The van der Waals surface area contributed by atoms with Gasteiger partial charge in [-0.2, -0.15) is 0 Å². The van der Waals surface area contributed by atoms with Crippen molar-refractivity contribution in [3.8, 4) is 0 Å². The van der Waals surface area contributed by atoms with Gasteiger partial charge < -0.3 is 10.8 Å². The number of hydrogen-bond donors (Lipinski definition) is 2. The van der Waals surface area contributed by atoms with Crippen LogP contribution in [0.4, 0.5) is 0 Å². The van der Waals surface area contributed by atoms with Crippen LogP contribution in [0.1, 0.15) is 25.7 Å². The fourth-order valence-electron chi connectivity index (χ4n) is 1.36. The standard InChI is InChI=1S/C11H17NO/c12-11-8-4-2-1-3-6-10(11)7-5-9-13/h1-2,6,8,13H,3-5,7,9,12H2/b2-1-,10-6?,11-8+. The summed E-state index contributed by atoms with van der Waals surface area (Å²) in [5, 5.41) is 8.71. The molecule has 0 amide bonds. The van der Waals surface area contributed by atoms with Crippen molar-refractivity contribution in [1.29, 1.82) is 0 Å². The zero-order valence-electron chi connectivity index (χ0n) is 7.87. The molecule has 3 N–H and O–H groups in total. The van der Waals surface area contributed by atoms with Gasteiger partial charge in [0.1, 0.15) is 0 Å². The first kappa shape index (κ1) is 10.1. The zero-order valence-corrected chi connectivity index (χ0v) is 7.87. The molecule has 0 bridgehead atoms. The molecule has 0 aliphatic heterocycles. The van der Waals surface area contributed by atoms with Crippen LogP contribution in [-0.4, -0.2) is 11.7 Å². The van der Waals surface area contributed by atoms with E-state index in [2.05, 4.69) is 18.2 Å². The van der Waals surface area contributed by atoms with Gasteiger partial charge in [0.05, 0.1) is 0 Å². The van der Waals surface area contributed by atoms with Gasteiger partial charge in [0, 0.05) is 12.3 Å². The van der Waals surface area contributed by atoms with Gasteiger partial charge in [0.25, 0.3) is 0 Å². The zero-order chi connectivity index (χ0) is 9.52. The minimum atomic E-state index is 0.237. The number of aliphatic hydroxyl groups excluding tert-OH is 1. The highest BCUT2D eigenvalue weighted by Crippen LogP contribution is 2.15. The van der Waals surface area contributed by atoms with Crippen molar-refractivity contribution in [2.75, 3.05) is 6.61 Å². The maximum atomic E-state index is 8.71. The first-order valence-electron chi connectivity index (χ1n) is 4.75. The van der Waals surface area contributed by atoms with Crippen LogP contribution in [-0.2, 0) is 0 Å². The second-order valence-electron chi connectivity index (χ2n) is 3.16. The lowest BCUT2D eigenvalue weighted by molar-refractivity contribution is 0.288. The minimum Gasteiger partial charge on any atom is -0.399 e. The summed E-state index contributed by atoms with van der Waals surface area (Å²) in [6, 6.07) is 0. The molecule has 0 saturated heterocycles. The van der Waals surface area contributed by atoms with Gasteiger partial charge in [0.15, 0.2) is 0 Å². The van der Waals surface area contributed by atoms with Crippen molar-refractivity contribution in [2.45, 2.75) is 25.7 Å². The van der Waals surface area contributed by atoms with Gasteiger partial charge in [-0.3, -0.25) is 0 Å². The van der Waals surface area contributed by atoms with Crippen LogP contribution in [0, 0.1) is 0 Å². The topological polar surface area (TPSA) is 46.2 Å². The summed E-state index contributed by atoms with van der Waals surface area (Å²) in [5.41, 5.74) is 7.92. The number of rotatable bonds is 3. The van der Waals surface area contributed by atoms with Crippen LogP contribution in [0.25, 0.3) is 0 Å². The lowest BCUT2D eigenvalue weighted by Crippen LogP contribution is -2.03. The first-order chi connectivity index (χ1) is 6.34. The van der Waals surface area contributed by atoms with E-state index in [4.69, 9.17) is 10.8 Å². The van der Waals surface area contributed by atoms with E-state index in [1.54, 1.807) is 0 Å². The van der Waals surface area contributed by atoms with Crippen molar-refractivity contribution >= 4 is 0 Å². The molecular formula is C11H17NO. The molecule has 0 atom stereocenters. The third-order valence-electron chi connectivity index (χ3n) is 2.12. The minimum absolute atomic E-state index is 0.237. The summed E-state index contributed by atoms with van der Waals surface area (Å²) < 4.78 is 0. The molecule has 0 radical (unpaired) electrons. The number of aliphatic hydroxyl groups is 1. The molecule has 72 valence electrons. The molecule has 0 heterocycles. The van der Waals surface area contributed by atoms with Gasteiger partial charge in [-0.1, -0.05) is 24.3 Å². The molecular weight excluding hydrogens is 162 g/mol. The highest BCUT2D eigenvalue weighted by Gasteiger charge is 2.00. The number of nitrogens with two attached hydrogens (primary N) is 1. The normalized spacial score (nSPS) is 23.8. The second kappa shape index (κ2) is 5.60. The molecule has 1 aliphatic rings. The van der Waals surface area contributed by atoms with Crippen molar-refractivity contribution in [2.24, 2.45) is 5.73 Å². The average Bonchev–Trinajstić information content (AvgIpc) is 2.11. The monoisotopic (exact) mass is 179 g/mol. The smallest absolute Gasteiger partial charge is 0.0434 e. The van der Waals surface area contributed by atoms with E-state index >= 15 is 0 Å². The van der Waals surface area contributed by atoms with Crippen molar-refractivity contribution in [3.05, 3.63) is 35.6 Å². The summed E-state index contributed by atoms with van der Waals surface area (Å²) in [4.78, 5) is 0. The summed E-state index contributed by atoms with van der Waals surface area (Å²) in [6.07, 6.45) is 12.0. The van der Waals surface area contributed by atoms with E-state index in [-0.39, 0.29) is 6.61 Å². The van der Waals surface area contributed by atoms with Crippen LogP contribution in [0.2, 0.25) is 0 Å². The van der Waals surface area contributed by atoms with Crippen LogP contribution in [0.15, 0.2) is 35.6 Å². The van der Waals surface area contributed by atoms with E-state index < -0.39 is 0 Å². The Morgan fingerprint density at radius 3 is 2.62 bits per heavy atom. The van der Waals surface area contributed by atoms with E-state index in [1.165, 1.54) is 5.57 Å². The molecule has 1 rings (SSSR count). The highest BCUT2D eigenvalue weighted by molar-refractivity contribution is 5.30. The first-order valence-corrected chi connectivity index (χ1v) is 4.75. The summed E-state index contributed by atoms with van der Waals surface area (Å²) in [7, 11) is 0. The third kappa shape index (κ3) is 3.47. The molecule has 0 spiro atoms. The molecule has 0 unspecified atom stereocenters. The molecule has 2 heteroatoms. The molecule has 13 heavy (non-hydrogen) atoms. The van der Waals surface area contributed by atoms with E-state index in [0.717, 1.165) is 31.4 Å². The molecule has 0 fully saturated rings. The van der Waals surface area contributed by atoms with Crippen LogP contribution in [0.5, 0.6) is 0 Å². The van der Waals surface area contributed by atoms with Crippen LogP contribution >= 0.6 is 0 Å². The summed E-state index contributed by atoms with van der Waals surface area (Å²) >= 11 is 0. The lowest BCUT2D eigenvalue weighted by atomic mass is 10.0. The quantitative estimate of drug-likeness (QED) is 0.650. The third-order valence-corrected chi connectivity index (χ3v) is 2.12. The lowest BCUT2D eigenvalue weighted by Gasteiger charge is -2.08. The van der Waals surface area contributed by atoms with Gasteiger partial charge >= 0.3 is 0 Å². The summed E-state index contributed by atoms with van der Waals surface area (Å²) in [6.45, 7) is 0.237. The Morgan fingerprint density at radius 2 is 1.92 bits per heavy atom. The Morgan fingerprint density at radius 1 is 1.23 bits per heavy atom. The molecule has 0 saturated carbocycles. The highest BCUT2D eigenvalue weighted by atomic mass is 16.2. The second-order valence-corrected chi connectivity index (χ2v) is 3.16. The summed E-state index contributed by atoms with van der Waals surface area (Å²) in [5.74, 6) is 0. The van der Waals surface area contributed by atoms with Crippen LogP contribution < -0.4 is 5.73 Å². The number of hydrogen-bond acceptors (Lipinski definition) is 2. The Bertz CT molecular complexity index is 238. The fourth-order valence-corrected chi connectivity index (χ4v) is 1.36. The average molecular weight is 179 g/mol. The predicted octanol–water partition coefficient (Wildman–Crippen LogP) is 1.88. The molecule has 0 aromatic rings. The van der Waals surface area contributed by atoms with Gasteiger partial charge in [0.2, 0.25) is 0 Å². The number of allylic oxidation sites excluding steroid dienone is 5. The van der Waals surface area contributed by atoms with Crippen LogP contribution in [0.3, 0.4) is 0 Å². The Kier molecular flexibility index (Phi) is 4.33. The van der Waals surface area contributed by atoms with Crippen molar-refractivity contribution < 1.29 is 5.11 Å².